The van der Waals surface area contributed by atoms with Crippen LogP contribution in [0.1, 0.15) is 22.4 Å². The van der Waals surface area contributed by atoms with Gasteiger partial charge in [0.05, 0.1) is 11.3 Å². The Morgan fingerprint density at radius 3 is 3.05 bits per heavy atom. The molecule has 0 N–H and O–H groups in total. The molecule has 20 heavy (non-hydrogen) atoms. The van der Waals surface area contributed by atoms with Crippen LogP contribution in [0, 0.1) is 5.82 Å². The van der Waals surface area contributed by atoms with Crippen LogP contribution >= 0.6 is 11.3 Å². The monoisotopic (exact) mass is 288 g/mol. The number of nitrogens with zero attached hydrogens (tertiary/aromatic N) is 2. The van der Waals surface area contributed by atoms with Crippen LogP contribution in [0.2, 0.25) is 0 Å². The van der Waals surface area contributed by atoms with Gasteiger partial charge >= 0.3 is 0 Å². The third-order valence-corrected chi connectivity index (χ3v) is 4.37. The molecule has 0 aliphatic heterocycles. The lowest BCUT2D eigenvalue weighted by Gasteiger charge is -2.02. The number of ketones is 1. The van der Waals surface area contributed by atoms with Gasteiger partial charge < -0.3 is 4.57 Å². The van der Waals surface area contributed by atoms with Gasteiger partial charge in [-0.1, -0.05) is 0 Å². The van der Waals surface area contributed by atoms with Gasteiger partial charge in [0, 0.05) is 23.6 Å². The number of aryl methyl sites for hydroxylation is 1. The molecule has 3 nitrogen and oxygen atoms in total. The van der Waals surface area contributed by atoms with Gasteiger partial charge in [-0.05, 0) is 36.6 Å². The minimum Gasteiger partial charge on any atom is -0.335 e. The number of fused-ring (bicyclic) bond motifs is 1. The summed E-state index contributed by atoms with van der Waals surface area (Å²) < 4.78 is 16.0. The van der Waals surface area contributed by atoms with Crippen molar-refractivity contribution >= 4 is 27.2 Å². The van der Waals surface area contributed by atoms with E-state index in [0.717, 1.165) is 22.5 Å². The van der Waals surface area contributed by atoms with Gasteiger partial charge in [0.25, 0.3) is 0 Å². The number of rotatable bonds is 4. The van der Waals surface area contributed by atoms with Gasteiger partial charge in [0.1, 0.15) is 11.6 Å². The maximum Gasteiger partial charge on any atom is 0.180 e. The third-order valence-electron chi connectivity index (χ3n) is 3.21. The molecule has 0 fully saturated rings. The van der Waals surface area contributed by atoms with E-state index < -0.39 is 0 Å². The van der Waals surface area contributed by atoms with Crippen LogP contribution in [-0.4, -0.2) is 15.3 Å². The second kappa shape index (κ2) is 5.17. The third kappa shape index (κ3) is 2.36. The molecule has 0 radical (unpaired) electrons. The Labute approximate surface area is 119 Å². The fraction of sp³-hybridized carbons (Fsp3) is 0.200. The van der Waals surface area contributed by atoms with Gasteiger partial charge in [0.15, 0.2) is 5.78 Å². The summed E-state index contributed by atoms with van der Waals surface area (Å²) in [6, 6.07) is 6.33. The first-order valence-corrected chi connectivity index (χ1v) is 7.21. The van der Waals surface area contributed by atoms with Gasteiger partial charge in [0.2, 0.25) is 0 Å². The summed E-state index contributed by atoms with van der Waals surface area (Å²) in [6.07, 6.45) is 3.84. The Kier molecular flexibility index (Phi) is 3.36. The van der Waals surface area contributed by atoms with Gasteiger partial charge in [-0.25, -0.2) is 9.37 Å². The Morgan fingerprint density at radius 2 is 2.25 bits per heavy atom. The zero-order chi connectivity index (χ0) is 14.1. The molecule has 0 amide bonds. The fourth-order valence-electron chi connectivity index (χ4n) is 2.18. The summed E-state index contributed by atoms with van der Waals surface area (Å²) in [7, 11) is 0. The van der Waals surface area contributed by atoms with Crippen molar-refractivity contribution in [1.82, 2.24) is 9.55 Å². The standard InChI is InChI=1S/C15H13FN2OS/c1-2-18-6-5-17-15(18)9-12(19)14-8-10-7-11(16)3-4-13(10)20-14/h3-8H,2,9H2,1H3. The normalized spacial score (nSPS) is 11.1. The van der Waals surface area contributed by atoms with Gasteiger partial charge in [-0.2, -0.15) is 0 Å². The molecule has 0 atom stereocenters. The minimum absolute atomic E-state index is 0.0208. The molecule has 0 saturated heterocycles. The predicted molar refractivity (Wildman–Crippen MR) is 77.7 cm³/mol. The molecule has 0 spiro atoms. The van der Waals surface area contributed by atoms with Crippen LogP contribution in [0.25, 0.3) is 10.1 Å². The molecule has 1 aromatic carbocycles. The van der Waals surface area contributed by atoms with Crippen LogP contribution in [0.3, 0.4) is 0 Å². The van der Waals surface area contributed by atoms with E-state index in [4.69, 9.17) is 0 Å². The van der Waals surface area contributed by atoms with Crippen molar-refractivity contribution in [2.75, 3.05) is 0 Å². The van der Waals surface area contributed by atoms with Crippen molar-refractivity contribution in [2.24, 2.45) is 0 Å². The van der Waals surface area contributed by atoms with Crippen molar-refractivity contribution in [3.8, 4) is 0 Å². The second-order valence-corrected chi connectivity index (χ2v) is 5.61. The molecule has 2 heterocycles. The first kappa shape index (κ1) is 13.0. The van der Waals surface area contributed by atoms with E-state index in [0.29, 0.717) is 4.88 Å². The van der Waals surface area contributed by atoms with Crippen LogP contribution in [0.5, 0.6) is 0 Å². The lowest BCUT2D eigenvalue weighted by Crippen LogP contribution is -2.08. The molecule has 0 aliphatic rings. The van der Waals surface area contributed by atoms with Crippen LogP contribution < -0.4 is 0 Å². The van der Waals surface area contributed by atoms with E-state index in [1.165, 1.54) is 23.5 Å². The van der Waals surface area contributed by atoms with Crippen molar-refractivity contribution < 1.29 is 9.18 Å². The number of halogens is 1. The number of thiophene rings is 1. The number of carbonyl (C=O) groups excluding carboxylic acids is 1. The maximum atomic E-state index is 13.2. The van der Waals surface area contributed by atoms with Crippen molar-refractivity contribution in [3.63, 3.8) is 0 Å². The van der Waals surface area contributed by atoms with E-state index in [9.17, 15) is 9.18 Å². The molecule has 102 valence electrons. The van der Waals surface area contributed by atoms with Crippen molar-refractivity contribution in [1.29, 1.82) is 0 Å². The highest BCUT2D eigenvalue weighted by Gasteiger charge is 2.14. The zero-order valence-corrected chi connectivity index (χ0v) is 11.8. The van der Waals surface area contributed by atoms with E-state index in [1.807, 2.05) is 17.7 Å². The smallest absolute Gasteiger partial charge is 0.180 e. The van der Waals surface area contributed by atoms with E-state index in [-0.39, 0.29) is 18.0 Å². The molecular weight excluding hydrogens is 275 g/mol. The highest BCUT2D eigenvalue weighted by molar-refractivity contribution is 7.20. The lowest BCUT2D eigenvalue weighted by molar-refractivity contribution is 0.0993. The number of benzene rings is 1. The summed E-state index contributed by atoms with van der Waals surface area (Å²) in [6.45, 7) is 2.80. The first-order valence-electron chi connectivity index (χ1n) is 6.39. The predicted octanol–water partition coefficient (Wildman–Crippen LogP) is 3.68. The number of hydrogen-bond donors (Lipinski definition) is 0. The topological polar surface area (TPSA) is 34.9 Å². The SMILES string of the molecule is CCn1ccnc1CC(=O)c1cc2cc(F)ccc2s1. The molecule has 3 rings (SSSR count). The molecule has 0 unspecified atom stereocenters. The van der Waals surface area contributed by atoms with Crippen LogP contribution in [0.4, 0.5) is 4.39 Å². The van der Waals surface area contributed by atoms with E-state index in [1.54, 1.807) is 18.3 Å². The second-order valence-electron chi connectivity index (χ2n) is 4.52. The zero-order valence-electron chi connectivity index (χ0n) is 11.0. The molecule has 0 bridgehead atoms. The summed E-state index contributed by atoms with van der Waals surface area (Å²) in [4.78, 5) is 17.2. The number of Topliss-reactive ketones (excluding diaryl/α,β-unsaturated/α-hetero) is 1. The molecule has 5 heteroatoms. The highest BCUT2D eigenvalue weighted by Crippen LogP contribution is 2.27. The largest absolute Gasteiger partial charge is 0.335 e. The van der Waals surface area contributed by atoms with E-state index >= 15 is 0 Å². The summed E-state index contributed by atoms with van der Waals surface area (Å²) >= 11 is 1.40. The lowest BCUT2D eigenvalue weighted by atomic mass is 10.2. The Hall–Kier alpha value is -2.01. The molecule has 3 aromatic rings. The highest BCUT2D eigenvalue weighted by atomic mass is 32.1. The van der Waals surface area contributed by atoms with E-state index in [2.05, 4.69) is 4.98 Å². The summed E-state index contributed by atoms with van der Waals surface area (Å²) in [5.41, 5.74) is 0. The van der Waals surface area contributed by atoms with Gasteiger partial charge in [-0.3, -0.25) is 4.79 Å². The molecule has 0 saturated carbocycles. The summed E-state index contributed by atoms with van der Waals surface area (Å²) in [5, 5.41) is 0.775. The first-order chi connectivity index (χ1) is 9.67. The maximum absolute atomic E-state index is 13.2. The number of carbonyl (C=O) groups is 1. The minimum atomic E-state index is -0.282. The molecule has 0 aliphatic carbocycles. The number of aromatic nitrogens is 2. The number of imidazole rings is 1. The quantitative estimate of drug-likeness (QED) is 0.686. The average Bonchev–Trinajstić information content (AvgIpc) is 3.04. The Bertz CT molecular complexity index is 775. The molecule has 2 aromatic heterocycles. The van der Waals surface area contributed by atoms with Crippen molar-refractivity contribution in [3.05, 3.63) is 53.2 Å². The average molecular weight is 288 g/mol. The van der Waals surface area contributed by atoms with Gasteiger partial charge in [-0.15, -0.1) is 11.3 Å². The molecular formula is C15H13FN2OS. The summed E-state index contributed by atoms with van der Waals surface area (Å²) in [5.74, 6) is 0.504. The van der Waals surface area contributed by atoms with Crippen molar-refractivity contribution in [2.45, 2.75) is 19.9 Å². The fourth-order valence-corrected chi connectivity index (χ4v) is 3.16. The Morgan fingerprint density at radius 1 is 1.40 bits per heavy atom. The Balaban J connectivity index is 1.89. The van der Waals surface area contributed by atoms with Crippen LogP contribution in [-0.2, 0) is 13.0 Å². The van der Waals surface area contributed by atoms with Crippen LogP contribution in [0.15, 0.2) is 36.7 Å². The number of hydrogen-bond acceptors (Lipinski definition) is 3.